The summed E-state index contributed by atoms with van der Waals surface area (Å²) in [4.78, 5) is 0. The fourth-order valence-electron chi connectivity index (χ4n) is 1.66. The number of hydrogen-bond donors (Lipinski definition) is 0. The fraction of sp³-hybridized carbons (Fsp3) is 0.143. The summed E-state index contributed by atoms with van der Waals surface area (Å²) in [5, 5.41) is 0. The first-order chi connectivity index (χ1) is 13.4. The molecule has 0 aliphatic rings. The minimum absolute atomic E-state index is 0. The van der Waals surface area contributed by atoms with Crippen molar-refractivity contribution in [3.05, 3.63) is 107 Å². The quantitative estimate of drug-likeness (QED) is 0.131. The van der Waals surface area contributed by atoms with Gasteiger partial charge in [0.25, 0.3) is 0 Å². The monoisotopic (exact) mass is 726 g/mol. The van der Waals surface area contributed by atoms with E-state index in [1.54, 1.807) is 25.1 Å². The van der Waals surface area contributed by atoms with Crippen LogP contribution in [0.5, 0.6) is 0 Å². The maximum atomic E-state index is 12.3. The van der Waals surface area contributed by atoms with E-state index in [-0.39, 0.29) is 138 Å². The average molecular weight is 730 g/mol. The Bertz CT molecular complexity index is 846. The van der Waals surface area contributed by atoms with Crippen LogP contribution in [0.3, 0.4) is 0 Å². The van der Waals surface area contributed by atoms with Gasteiger partial charge in [-0.05, 0) is 0 Å². The molecule has 0 aliphatic heterocycles. The van der Waals surface area contributed by atoms with Gasteiger partial charge in [-0.2, -0.15) is 80.9 Å². The second kappa shape index (κ2) is 23.9. The molecule has 14 heteroatoms. The Hall–Kier alpha value is 0.839. The molecule has 0 radical (unpaired) electrons. The minimum atomic E-state index is -4.78. The minimum Gasteiger partial charge on any atom is -1.00 e. The van der Waals surface area contributed by atoms with Gasteiger partial charge in [-0.15, -0.1) is 29.8 Å². The zero-order valence-electron chi connectivity index (χ0n) is 18.1. The van der Waals surface area contributed by atoms with E-state index in [1.165, 1.54) is 30.3 Å². The van der Waals surface area contributed by atoms with Crippen molar-refractivity contribution >= 4 is 69.2 Å². The first-order valence-electron chi connectivity index (χ1n) is 7.80. The molecular weight excluding hydrogens is 717 g/mol. The van der Waals surface area contributed by atoms with E-state index in [9.17, 15) is 35.1 Å². The summed E-state index contributed by atoms with van der Waals surface area (Å²) in [5.74, 6) is -0.373. The number of halogens is 11. The summed E-state index contributed by atoms with van der Waals surface area (Å²) >= 11 is 0. The van der Waals surface area contributed by atoms with Gasteiger partial charge in [-0.1, -0.05) is 18.1 Å². The molecule has 0 bridgehead atoms. The molecule has 0 atom stereocenters. The van der Waals surface area contributed by atoms with E-state index >= 15 is 0 Å². The van der Waals surface area contributed by atoms with Crippen molar-refractivity contribution in [2.75, 3.05) is 0 Å². The molecule has 0 N–H and O–H groups in total. The molecule has 0 spiro atoms. The molecule has 3 aromatic carbocycles. The second-order valence-electron chi connectivity index (χ2n) is 5.40. The largest absolute Gasteiger partial charge is 2.00 e. The zero-order chi connectivity index (χ0) is 22.1. The van der Waals surface area contributed by atoms with Gasteiger partial charge in [0, 0.05) is 11.6 Å². The predicted octanol–water partition coefficient (Wildman–Crippen LogP) is -3.05. The van der Waals surface area contributed by atoms with Crippen molar-refractivity contribution in [2.24, 2.45) is 0 Å². The molecule has 0 aliphatic carbocycles. The molecule has 3 aromatic rings. The topological polar surface area (TPSA) is 0 Å². The normalized spacial score (nSPS) is 9.06. The molecule has 0 saturated carbocycles. The van der Waals surface area contributed by atoms with Crippen molar-refractivity contribution < 1.29 is 86.1 Å². The molecule has 0 saturated heterocycles. The summed E-state index contributed by atoms with van der Waals surface area (Å²) in [6, 6.07) is 18.6. The Morgan fingerprint density at radius 2 is 1.00 bits per heavy atom. The van der Waals surface area contributed by atoms with Gasteiger partial charge in [0.05, 0.1) is 0 Å². The van der Waals surface area contributed by atoms with E-state index in [1.807, 2.05) is 0 Å². The summed E-state index contributed by atoms with van der Waals surface area (Å²) in [5.41, 5.74) is -2.06. The molecule has 0 heterocycles. The van der Waals surface area contributed by atoms with Gasteiger partial charge >= 0.3 is 81.5 Å². The second-order valence-corrected chi connectivity index (χ2v) is 5.40. The first-order valence-corrected chi connectivity index (χ1v) is 7.80. The van der Waals surface area contributed by atoms with Gasteiger partial charge < -0.3 is 50.9 Å². The van der Waals surface area contributed by atoms with Gasteiger partial charge in [0.15, 0.2) is 0 Å². The van der Waals surface area contributed by atoms with E-state index in [0.717, 1.165) is 0 Å². The van der Waals surface area contributed by atoms with Crippen LogP contribution < -0.4 is 50.9 Å². The fourth-order valence-corrected chi connectivity index (χ4v) is 1.66. The Morgan fingerprint density at radius 3 is 1.26 bits per heavy atom. The predicted molar refractivity (Wildman–Crippen MR) is 108 cm³/mol. The summed E-state index contributed by atoms with van der Waals surface area (Å²) in [7, 11) is 0. The molecule has 0 fully saturated rings. The Kier molecular flexibility index (Phi) is 33.4. The van der Waals surface area contributed by atoms with E-state index < -0.39 is 23.5 Å². The SMILES string of the molecule is Cc1c[c-]ccc1F.FC(F)(F)c1c[c-]cc(C(F)(F)F)c1.Fc1cc[c-]cc1.[Br-].[Br-].[Br-].[Mg+2].[Mg+2].[Mg+2]. The number of rotatable bonds is 0. The van der Waals surface area contributed by atoms with Crippen molar-refractivity contribution in [1.82, 2.24) is 0 Å². The molecule has 180 valence electrons. The van der Waals surface area contributed by atoms with Crippen LogP contribution >= 0.6 is 0 Å². The average Bonchev–Trinajstić information content (AvgIpc) is 2.65. The van der Waals surface area contributed by atoms with Crippen LogP contribution in [0.25, 0.3) is 0 Å². The van der Waals surface area contributed by atoms with Gasteiger partial charge in [-0.3, -0.25) is 0 Å². The third-order valence-electron chi connectivity index (χ3n) is 3.12. The molecule has 0 unspecified atom stereocenters. The Labute approximate surface area is 278 Å². The van der Waals surface area contributed by atoms with Crippen LogP contribution in [0.2, 0.25) is 0 Å². The number of hydrogen-bond acceptors (Lipinski definition) is 0. The number of alkyl halides is 6. The van der Waals surface area contributed by atoms with Crippen LogP contribution in [0.15, 0.2) is 60.7 Å². The smallest absolute Gasteiger partial charge is 1.00 e. The van der Waals surface area contributed by atoms with Crippen molar-refractivity contribution in [1.29, 1.82) is 0 Å². The maximum absolute atomic E-state index is 12.3. The van der Waals surface area contributed by atoms with Crippen LogP contribution in [-0.2, 0) is 12.4 Å². The van der Waals surface area contributed by atoms with Crippen LogP contribution in [0, 0.1) is 36.8 Å². The van der Waals surface area contributed by atoms with Crippen LogP contribution in [-0.4, -0.2) is 69.2 Å². The third kappa shape index (κ3) is 21.5. The summed E-state index contributed by atoms with van der Waals surface area (Å²) in [6.07, 6.45) is -9.56. The molecule has 35 heavy (non-hydrogen) atoms. The summed E-state index contributed by atoms with van der Waals surface area (Å²) < 4.78 is 96.0. The van der Waals surface area contributed by atoms with E-state index in [2.05, 4.69) is 12.1 Å². The third-order valence-corrected chi connectivity index (χ3v) is 3.12. The zero-order valence-corrected chi connectivity index (χ0v) is 27.1. The van der Waals surface area contributed by atoms with Crippen molar-refractivity contribution in [3.63, 3.8) is 0 Å². The Balaban J connectivity index is -0.0000000879. The molecule has 0 nitrogen and oxygen atoms in total. The van der Waals surface area contributed by atoms with Gasteiger partial charge in [-0.25, -0.2) is 8.78 Å². The van der Waals surface area contributed by atoms with E-state index in [4.69, 9.17) is 0 Å². The van der Waals surface area contributed by atoms with Gasteiger partial charge in [0.1, 0.15) is 0 Å². The van der Waals surface area contributed by atoms with Crippen molar-refractivity contribution in [3.8, 4) is 0 Å². The number of aryl methyl sites for hydroxylation is 1. The summed E-state index contributed by atoms with van der Waals surface area (Å²) in [6.45, 7) is 1.71. The standard InChI is InChI=1S/C8H3F6.C7H6F.C6H4F.3BrH.3Mg/c9-7(10,11)5-2-1-3-6(4-5)8(12,13)14;1-6-4-2-3-5-7(6)8;7-6-4-2-1-3-5-6;;;;;;/h2-4H;3-5H,1H3;2-5H;3*1H;;;/q3*-1;;;;3*+2/p-3. The van der Waals surface area contributed by atoms with Crippen molar-refractivity contribution in [2.45, 2.75) is 19.3 Å². The van der Waals surface area contributed by atoms with E-state index in [0.29, 0.717) is 17.7 Å². The van der Waals surface area contributed by atoms with Gasteiger partial charge in [0.2, 0.25) is 0 Å². The Morgan fingerprint density at radius 1 is 0.600 bits per heavy atom. The van der Waals surface area contributed by atoms with Crippen LogP contribution in [0.4, 0.5) is 35.1 Å². The number of benzene rings is 3. The molecular formula is C21H13Br3F8Mg3. The first kappa shape index (κ1) is 48.9. The molecule has 3 rings (SSSR count). The molecule has 0 amide bonds. The maximum Gasteiger partial charge on any atom is 2.00 e. The van der Waals surface area contributed by atoms with Crippen LogP contribution in [0.1, 0.15) is 16.7 Å². The molecule has 0 aromatic heterocycles.